The van der Waals surface area contributed by atoms with Gasteiger partial charge in [0.25, 0.3) is 0 Å². The standard InChI is InChI=1S/C18H18/c1-12-10-11-16(14(3)13(12)2)18-9-5-7-15-6-4-8-17(15)18/h4-5,7-11H,6H2,1-3H3. The van der Waals surface area contributed by atoms with Crippen LogP contribution in [0.15, 0.2) is 36.4 Å². The Bertz CT molecular complexity index is 645. The Labute approximate surface area is 109 Å². The lowest BCUT2D eigenvalue weighted by Gasteiger charge is -2.14. The van der Waals surface area contributed by atoms with Gasteiger partial charge in [0.1, 0.15) is 0 Å². The molecule has 1 aliphatic carbocycles. The van der Waals surface area contributed by atoms with Crippen LogP contribution in [0.1, 0.15) is 27.8 Å². The van der Waals surface area contributed by atoms with Gasteiger partial charge in [-0.05, 0) is 66.1 Å². The molecule has 0 N–H and O–H groups in total. The molecular weight excluding hydrogens is 216 g/mol. The van der Waals surface area contributed by atoms with Gasteiger partial charge in [0.2, 0.25) is 0 Å². The Morgan fingerprint density at radius 3 is 2.50 bits per heavy atom. The van der Waals surface area contributed by atoms with Crippen LogP contribution >= 0.6 is 0 Å². The maximum atomic E-state index is 2.26. The van der Waals surface area contributed by atoms with Gasteiger partial charge in [0.05, 0.1) is 0 Å². The van der Waals surface area contributed by atoms with Crippen LogP contribution in [-0.4, -0.2) is 0 Å². The minimum absolute atomic E-state index is 1.08. The van der Waals surface area contributed by atoms with E-state index in [9.17, 15) is 0 Å². The van der Waals surface area contributed by atoms with Crippen molar-refractivity contribution in [3.63, 3.8) is 0 Å². The van der Waals surface area contributed by atoms with Crippen LogP contribution in [0.2, 0.25) is 0 Å². The molecule has 0 fully saturated rings. The quantitative estimate of drug-likeness (QED) is 0.661. The molecule has 0 heteroatoms. The summed E-state index contributed by atoms with van der Waals surface area (Å²) in [5, 5.41) is 0. The lowest BCUT2D eigenvalue weighted by atomic mass is 9.90. The highest BCUT2D eigenvalue weighted by Crippen LogP contribution is 2.34. The fourth-order valence-electron chi connectivity index (χ4n) is 2.77. The Kier molecular flexibility index (Phi) is 2.59. The minimum Gasteiger partial charge on any atom is -0.0795 e. The Hall–Kier alpha value is -1.82. The zero-order valence-corrected chi connectivity index (χ0v) is 11.2. The molecule has 0 amide bonds. The van der Waals surface area contributed by atoms with E-state index in [1.165, 1.54) is 38.9 Å². The third-order valence-corrected chi connectivity index (χ3v) is 4.17. The zero-order chi connectivity index (χ0) is 12.7. The lowest BCUT2D eigenvalue weighted by Crippen LogP contribution is -1.93. The summed E-state index contributed by atoms with van der Waals surface area (Å²) in [5.74, 6) is 0. The monoisotopic (exact) mass is 234 g/mol. The van der Waals surface area contributed by atoms with Crippen molar-refractivity contribution in [1.29, 1.82) is 0 Å². The second kappa shape index (κ2) is 4.13. The Morgan fingerprint density at radius 1 is 0.833 bits per heavy atom. The van der Waals surface area contributed by atoms with E-state index in [2.05, 4.69) is 63.3 Å². The minimum atomic E-state index is 1.08. The van der Waals surface area contributed by atoms with E-state index in [1.54, 1.807) is 0 Å². The first kappa shape index (κ1) is 11.3. The van der Waals surface area contributed by atoms with Crippen LogP contribution < -0.4 is 0 Å². The summed E-state index contributed by atoms with van der Waals surface area (Å²) in [7, 11) is 0. The predicted octanol–water partition coefficient (Wildman–Crippen LogP) is 4.85. The van der Waals surface area contributed by atoms with Gasteiger partial charge in [0.15, 0.2) is 0 Å². The molecule has 0 radical (unpaired) electrons. The van der Waals surface area contributed by atoms with Crippen LogP contribution in [0.4, 0.5) is 0 Å². The molecule has 18 heavy (non-hydrogen) atoms. The molecule has 0 atom stereocenters. The normalized spacial score (nSPS) is 12.8. The van der Waals surface area contributed by atoms with E-state index >= 15 is 0 Å². The highest BCUT2D eigenvalue weighted by molar-refractivity contribution is 5.81. The van der Waals surface area contributed by atoms with Crippen LogP contribution in [0.3, 0.4) is 0 Å². The number of rotatable bonds is 1. The molecule has 0 aliphatic heterocycles. The molecule has 0 heterocycles. The van der Waals surface area contributed by atoms with E-state index in [0.717, 1.165) is 6.42 Å². The second-order valence-corrected chi connectivity index (χ2v) is 5.16. The second-order valence-electron chi connectivity index (χ2n) is 5.16. The summed E-state index contributed by atoms with van der Waals surface area (Å²) >= 11 is 0. The van der Waals surface area contributed by atoms with Crippen LogP contribution in [-0.2, 0) is 6.42 Å². The summed E-state index contributed by atoms with van der Waals surface area (Å²) < 4.78 is 0. The molecule has 0 spiro atoms. The van der Waals surface area contributed by atoms with Crippen molar-refractivity contribution < 1.29 is 0 Å². The van der Waals surface area contributed by atoms with Gasteiger partial charge < -0.3 is 0 Å². The number of hydrogen-bond donors (Lipinski definition) is 0. The third kappa shape index (κ3) is 1.60. The van der Waals surface area contributed by atoms with Crippen LogP contribution in [0.5, 0.6) is 0 Å². The number of aryl methyl sites for hydroxylation is 1. The molecule has 0 saturated carbocycles. The van der Waals surface area contributed by atoms with Crippen molar-refractivity contribution in [2.24, 2.45) is 0 Å². The van der Waals surface area contributed by atoms with Crippen molar-refractivity contribution >= 4 is 6.08 Å². The predicted molar refractivity (Wildman–Crippen MR) is 78.8 cm³/mol. The van der Waals surface area contributed by atoms with Crippen LogP contribution in [0, 0.1) is 20.8 Å². The van der Waals surface area contributed by atoms with Gasteiger partial charge in [-0.3, -0.25) is 0 Å². The molecule has 0 bridgehead atoms. The lowest BCUT2D eigenvalue weighted by molar-refractivity contribution is 1.26. The maximum absolute atomic E-state index is 2.26. The summed E-state index contributed by atoms with van der Waals surface area (Å²) in [6, 6.07) is 11.1. The number of hydrogen-bond acceptors (Lipinski definition) is 0. The molecule has 0 nitrogen and oxygen atoms in total. The summed E-state index contributed by atoms with van der Waals surface area (Å²) in [5.41, 5.74) is 9.80. The fraction of sp³-hybridized carbons (Fsp3) is 0.222. The van der Waals surface area contributed by atoms with Crippen molar-refractivity contribution in [2.45, 2.75) is 27.2 Å². The van der Waals surface area contributed by atoms with E-state index < -0.39 is 0 Å². The van der Waals surface area contributed by atoms with Crippen molar-refractivity contribution in [2.75, 3.05) is 0 Å². The molecule has 0 aromatic heterocycles. The summed E-state index contributed by atoms with van der Waals surface area (Å²) in [4.78, 5) is 0. The van der Waals surface area contributed by atoms with E-state index in [1.807, 2.05) is 0 Å². The highest BCUT2D eigenvalue weighted by Gasteiger charge is 2.13. The molecular formula is C18H18. The molecule has 2 aromatic rings. The van der Waals surface area contributed by atoms with E-state index in [0.29, 0.717) is 0 Å². The Balaban J connectivity index is 2.26. The molecule has 2 aromatic carbocycles. The maximum Gasteiger partial charge on any atom is -0.00879 e. The van der Waals surface area contributed by atoms with Crippen molar-refractivity contribution in [3.05, 3.63) is 64.2 Å². The zero-order valence-electron chi connectivity index (χ0n) is 11.2. The molecule has 1 aliphatic rings. The summed E-state index contributed by atoms with van der Waals surface area (Å²) in [6.07, 6.45) is 5.59. The van der Waals surface area contributed by atoms with E-state index in [4.69, 9.17) is 0 Å². The first-order chi connectivity index (χ1) is 8.68. The van der Waals surface area contributed by atoms with E-state index in [-0.39, 0.29) is 0 Å². The van der Waals surface area contributed by atoms with Gasteiger partial charge in [-0.2, -0.15) is 0 Å². The van der Waals surface area contributed by atoms with Gasteiger partial charge in [-0.25, -0.2) is 0 Å². The molecule has 0 unspecified atom stereocenters. The molecule has 0 saturated heterocycles. The fourth-order valence-corrected chi connectivity index (χ4v) is 2.77. The van der Waals surface area contributed by atoms with Crippen molar-refractivity contribution in [1.82, 2.24) is 0 Å². The number of fused-ring (bicyclic) bond motifs is 1. The first-order valence-electron chi connectivity index (χ1n) is 6.54. The highest BCUT2D eigenvalue weighted by atomic mass is 14.2. The molecule has 3 rings (SSSR count). The largest absolute Gasteiger partial charge is 0.0795 e. The third-order valence-electron chi connectivity index (χ3n) is 4.17. The average molecular weight is 234 g/mol. The van der Waals surface area contributed by atoms with Gasteiger partial charge >= 0.3 is 0 Å². The number of benzene rings is 2. The van der Waals surface area contributed by atoms with Gasteiger partial charge in [0, 0.05) is 0 Å². The number of allylic oxidation sites excluding steroid dienone is 1. The average Bonchev–Trinajstić information content (AvgIpc) is 2.84. The molecule has 90 valence electrons. The van der Waals surface area contributed by atoms with Gasteiger partial charge in [-0.15, -0.1) is 0 Å². The van der Waals surface area contributed by atoms with Gasteiger partial charge in [-0.1, -0.05) is 42.5 Å². The topological polar surface area (TPSA) is 0 Å². The SMILES string of the molecule is Cc1ccc(-c2cccc3c2C=CC3)c(C)c1C. The smallest absolute Gasteiger partial charge is 0.00879 e. The van der Waals surface area contributed by atoms with Crippen molar-refractivity contribution in [3.8, 4) is 11.1 Å². The van der Waals surface area contributed by atoms with Crippen LogP contribution in [0.25, 0.3) is 17.2 Å². The Morgan fingerprint density at radius 2 is 1.67 bits per heavy atom. The summed E-state index contributed by atoms with van der Waals surface area (Å²) in [6.45, 7) is 6.63. The first-order valence-corrected chi connectivity index (χ1v) is 6.54.